The summed E-state index contributed by atoms with van der Waals surface area (Å²) in [7, 11) is 0. The number of rotatable bonds is 4. The second kappa shape index (κ2) is 5.82. The molecule has 2 aromatic heterocycles. The van der Waals surface area contributed by atoms with Gasteiger partial charge in [0.15, 0.2) is 4.34 Å². The minimum atomic E-state index is -1.01. The number of nitrogens with zero attached hydrogens (tertiary/aromatic N) is 2. The summed E-state index contributed by atoms with van der Waals surface area (Å²) in [4.78, 5) is 31.3. The van der Waals surface area contributed by atoms with E-state index in [9.17, 15) is 9.59 Å². The lowest BCUT2D eigenvalue weighted by atomic mass is 10.1. The summed E-state index contributed by atoms with van der Waals surface area (Å²) in [6.45, 7) is 5.24. The molecule has 3 N–H and O–H groups in total. The molecule has 0 fully saturated rings. The number of pyridine rings is 1. The minimum absolute atomic E-state index is 0.183. The summed E-state index contributed by atoms with van der Waals surface area (Å²) in [5.74, 6) is -1.57. The van der Waals surface area contributed by atoms with Crippen LogP contribution in [0.2, 0.25) is 0 Å². The van der Waals surface area contributed by atoms with Crippen molar-refractivity contribution in [3.8, 4) is 0 Å². The Hall–Kier alpha value is -1.93. The van der Waals surface area contributed by atoms with Crippen molar-refractivity contribution < 1.29 is 14.7 Å². The standard InChI is InChI=1S/C13H13N3O3S2/c1-5-4-6(2)15-11(8(5)10(14)17)21-13-16-7(3)9(20-13)12(18)19/h4H,1-3H3,(H2,14,17)(H,18,19). The maximum atomic E-state index is 11.6. The number of hydrogen-bond acceptors (Lipinski definition) is 6. The third-order valence-corrected chi connectivity index (χ3v) is 4.91. The van der Waals surface area contributed by atoms with Crippen LogP contribution in [-0.4, -0.2) is 27.0 Å². The number of carboxylic acid groups (broad SMARTS) is 1. The average molecular weight is 323 g/mol. The van der Waals surface area contributed by atoms with Crippen LogP contribution >= 0.6 is 23.1 Å². The molecule has 6 nitrogen and oxygen atoms in total. The van der Waals surface area contributed by atoms with Crippen LogP contribution in [0.4, 0.5) is 0 Å². The Kier molecular flexibility index (Phi) is 4.29. The van der Waals surface area contributed by atoms with E-state index in [0.717, 1.165) is 34.4 Å². The van der Waals surface area contributed by atoms with Gasteiger partial charge in [0.2, 0.25) is 0 Å². The van der Waals surface area contributed by atoms with E-state index in [1.54, 1.807) is 19.9 Å². The summed E-state index contributed by atoms with van der Waals surface area (Å²) in [6.07, 6.45) is 0. The van der Waals surface area contributed by atoms with E-state index in [0.29, 0.717) is 20.6 Å². The van der Waals surface area contributed by atoms with Crippen LogP contribution in [0.5, 0.6) is 0 Å². The molecular formula is C13H13N3O3S2. The molecular weight excluding hydrogens is 310 g/mol. The highest BCUT2D eigenvalue weighted by Gasteiger charge is 2.19. The number of aromatic carboxylic acids is 1. The van der Waals surface area contributed by atoms with Crippen LogP contribution in [0, 0.1) is 20.8 Å². The highest BCUT2D eigenvalue weighted by atomic mass is 32.2. The summed E-state index contributed by atoms with van der Waals surface area (Å²) in [6, 6.07) is 1.78. The molecule has 0 aliphatic rings. The minimum Gasteiger partial charge on any atom is -0.477 e. The Morgan fingerprint density at radius 1 is 1.29 bits per heavy atom. The Morgan fingerprint density at radius 3 is 2.48 bits per heavy atom. The number of carboxylic acids is 1. The number of nitrogens with two attached hydrogens (primary N) is 1. The van der Waals surface area contributed by atoms with E-state index in [1.165, 1.54) is 0 Å². The summed E-state index contributed by atoms with van der Waals surface area (Å²) in [5.41, 5.74) is 7.68. The number of thiazole rings is 1. The van der Waals surface area contributed by atoms with Gasteiger partial charge in [-0.05, 0) is 44.2 Å². The van der Waals surface area contributed by atoms with Crippen molar-refractivity contribution in [3.63, 3.8) is 0 Å². The van der Waals surface area contributed by atoms with Crippen molar-refractivity contribution in [1.82, 2.24) is 9.97 Å². The Bertz CT molecular complexity index is 741. The summed E-state index contributed by atoms with van der Waals surface area (Å²) in [5, 5.41) is 9.50. The maximum Gasteiger partial charge on any atom is 0.347 e. The Morgan fingerprint density at radius 2 is 1.95 bits per heavy atom. The number of hydrogen-bond donors (Lipinski definition) is 2. The van der Waals surface area contributed by atoms with Gasteiger partial charge in [0.05, 0.1) is 11.3 Å². The molecule has 0 spiro atoms. The van der Waals surface area contributed by atoms with Gasteiger partial charge in [-0.2, -0.15) is 0 Å². The fourth-order valence-corrected chi connectivity index (χ4v) is 4.07. The summed E-state index contributed by atoms with van der Waals surface area (Å²) >= 11 is 2.21. The average Bonchev–Trinajstić information content (AvgIpc) is 2.68. The predicted molar refractivity (Wildman–Crippen MR) is 80.2 cm³/mol. The lowest BCUT2D eigenvalue weighted by molar-refractivity contribution is 0.0701. The van der Waals surface area contributed by atoms with Crippen LogP contribution in [0.3, 0.4) is 0 Å². The smallest absolute Gasteiger partial charge is 0.347 e. The first-order chi connectivity index (χ1) is 9.79. The lowest BCUT2D eigenvalue weighted by Gasteiger charge is -2.08. The molecule has 0 aliphatic heterocycles. The van der Waals surface area contributed by atoms with E-state index in [4.69, 9.17) is 10.8 Å². The normalized spacial score (nSPS) is 10.6. The molecule has 2 aromatic rings. The molecule has 110 valence electrons. The lowest BCUT2D eigenvalue weighted by Crippen LogP contribution is -2.15. The van der Waals surface area contributed by atoms with Crippen LogP contribution in [0.1, 0.15) is 37.0 Å². The van der Waals surface area contributed by atoms with Crippen molar-refractivity contribution in [2.45, 2.75) is 30.1 Å². The van der Waals surface area contributed by atoms with Gasteiger partial charge >= 0.3 is 5.97 Å². The quantitative estimate of drug-likeness (QED) is 0.895. The van der Waals surface area contributed by atoms with Crippen LogP contribution in [0.25, 0.3) is 0 Å². The van der Waals surface area contributed by atoms with Gasteiger partial charge in [-0.1, -0.05) is 11.3 Å². The molecule has 21 heavy (non-hydrogen) atoms. The summed E-state index contributed by atoms with van der Waals surface area (Å²) < 4.78 is 0.518. The second-order valence-corrected chi connectivity index (χ2v) is 6.66. The van der Waals surface area contributed by atoms with Crippen LogP contribution < -0.4 is 5.73 Å². The molecule has 0 saturated carbocycles. The zero-order chi connectivity index (χ0) is 15.7. The van der Waals surface area contributed by atoms with Gasteiger partial charge in [-0.3, -0.25) is 4.79 Å². The largest absolute Gasteiger partial charge is 0.477 e. The first kappa shape index (κ1) is 15.5. The monoisotopic (exact) mass is 323 g/mol. The van der Waals surface area contributed by atoms with E-state index in [2.05, 4.69) is 9.97 Å². The van der Waals surface area contributed by atoms with Gasteiger partial charge in [-0.25, -0.2) is 14.8 Å². The molecule has 0 saturated heterocycles. The topological polar surface area (TPSA) is 106 Å². The Labute approximate surface area is 129 Å². The van der Waals surface area contributed by atoms with Crippen molar-refractivity contribution in [1.29, 1.82) is 0 Å². The number of aryl methyl sites for hydroxylation is 3. The van der Waals surface area contributed by atoms with Gasteiger partial charge in [-0.15, -0.1) is 0 Å². The number of amides is 1. The van der Waals surface area contributed by atoms with Crippen LogP contribution in [-0.2, 0) is 0 Å². The van der Waals surface area contributed by atoms with Crippen molar-refractivity contribution in [3.05, 3.63) is 33.5 Å². The van der Waals surface area contributed by atoms with E-state index in [1.807, 2.05) is 6.92 Å². The third-order valence-electron chi connectivity index (χ3n) is 2.71. The van der Waals surface area contributed by atoms with Crippen molar-refractivity contribution in [2.24, 2.45) is 5.73 Å². The first-order valence-corrected chi connectivity index (χ1v) is 7.59. The predicted octanol–water partition coefficient (Wildman–Crippen LogP) is 2.41. The third kappa shape index (κ3) is 3.22. The van der Waals surface area contributed by atoms with Crippen molar-refractivity contribution >= 4 is 35.0 Å². The first-order valence-electron chi connectivity index (χ1n) is 5.96. The second-order valence-electron chi connectivity index (χ2n) is 4.43. The highest BCUT2D eigenvalue weighted by Crippen LogP contribution is 2.34. The number of primary amides is 1. The molecule has 1 amide bonds. The number of aromatic nitrogens is 2. The van der Waals surface area contributed by atoms with E-state index >= 15 is 0 Å². The maximum absolute atomic E-state index is 11.6. The van der Waals surface area contributed by atoms with Gasteiger partial charge in [0.25, 0.3) is 5.91 Å². The molecule has 0 aromatic carbocycles. The number of carbonyl (C=O) groups is 2. The fourth-order valence-electron chi connectivity index (χ4n) is 1.87. The van der Waals surface area contributed by atoms with Crippen molar-refractivity contribution in [2.75, 3.05) is 0 Å². The molecule has 2 heterocycles. The fraction of sp³-hybridized carbons (Fsp3) is 0.231. The zero-order valence-electron chi connectivity index (χ0n) is 11.6. The van der Waals surface area contributed by atoms with Crippen LogP contribution in [0.15, 0.2) is 15.4 Å². The van der Waals surface area contributed by atoms with Gasteiger partial charge in [0.1, 0.15) is 9.90 Å². The molecule has 0 unspecified atom stereocenters. The number of carbonyl (C=O) groups excluding carboxylic acids is 1. The molecule has 0 atom stereocenters. The molecule has 0 aliphatic carbocycles. The Balaban J connectivity index is 2.46. The van der Waals surface area contributed by atoms with Gasteiger partial charge < -0.3 is 10.8 Å². The zero-order valence-corrected chi connectivity index (χ0v) is 13.3. The highest BCUT2D eigenvalue weighted by molar-refractivity contribution is 8.01. The van der Waals surface area contributed by atoms with Gasteiger partial charge in [0, 0.05) is 5.69 Å². The molecule has 0 radical (unpaired) electrons. The SMILES string of the molecule is Cc1cc(C)c(C(N)=O)c(Sc2nc(C)c(C(=O)O)s2)n1. The molecule has 2 rings (SSSR count). The molecule has 0 bridgehead atoms. The molecule has 8 heteroatoms. The van der Waals surface area contributed by atoms with E-state index < -0.39 is 11.9 Å². The van der Waals surface area contributed by atoms with E-state index in [-0.39, 0.29) is 4.88 Å².